The van der Waals surface area contributed by atoms with E-state index in [1.807, 2.05) is 0 Å². The van der Waals surface area contributed by atoms with E-state index in [1.54, 1.807) is 27.7 Å². The molecule has 11 nitrogen and oxygen atoms in total. The topological polar surface area (TPSA) is 157 Å². The molecule has 232 valence electrons. The molecule has 0 bridgehead atoms. The lowest BCUT2D eigenvalue weighted by molar-refractivity contribution is -0.137. The number of hydrogen-bond donors (Lipinski definition) is 3. The van der Waals surface area contributed by atoms with Crippen molar-refractivity contribution in [2.75, 3.05) is 13.2 Å². The van der Waals surface area contributed by atoms with Gasteiger partial charge in [-0.15, -0.1) is 0 Å². The van der Waals surface area contributed by atoms with Crippen molar-refractivity contribution in [1.29, 1.82) is 0 Å². The molecule has 1 aliphatic heterocycles. The summed E-state index contributed by atoms with van der Waals surface area (Å²) in [7, 11) is 0. The molecular formula is C31H39FN4O7. The van der Waals surface area contributed by atoms with Crippen molar-refractivity contribution in [3.8, 4) is 0 Å². The molecule has 1 fully saturated rings. The average Bonchev–Trinajstić information content (AvgIpc) is 3.58. The first-order valence-corrected chi connectivity index (χ1v) is 14.4. The van der Waals surface area contributed by atoms with Gasteiger partial charge in [-0.1, -0.05) is 37.2 Å². The summed E-state index contributed by atoms with van der Waals surface area (Å²) in [6.07, 6.45) is 3.38. The number of rotatable bonds is 15. The normalized spacial score (nSPS) is 16.9. The van der Waals surface area contributed by atoms with E-state index in [-0.39, 0.29) is 55.1 Å². The van der Waals surface area contributed by atoms with Crippen molar-refractivity contribution in [1.82, 2.24) is 21.1 Å². The van der Waals surface area contributed by atoms with Gasteiger partial charge in [0, 0.05) is 43.0 Å². The van der Waals surface area contributed by atoms with Crippen molar-refractivity contribution < 1.29 is 37.6 Å². The van der Waals surface area contributed by atoms with Gasteiger partial charge >= 0.3 is 5.97 Å². The summed E-state index contributed by atoms with van der Waals surface area (Å²) in [5.74, 6) is -3.75. The van der Waals surface area contributed by atoms with Crippen molar-refractivity contribution in [3.63, 3.8) is 0 Å². The summed E-state index contributed by atoms with van der Waals surface area (Å²) in [6, 6.07) is 5.45. The second-order valence-corrected chi connectivity index (χ2v) is 11.0. The van der Waals surface area contributed by atoms with Gasteiger partial charge in [-0.05, 0) is 56.7 Å². The molecule has 0 unspecified atom stereocenters. The van der Waals surface area contributed by atoms with E-state index < -0.39 is 41.6 Å². The first-order valence-electron chi connectivity index (χ1n) is 14.4. The molecule has 0 spiro atoms. The minimum atomic E-state index is -0.922. The molecule has 0 aliphatic carbocycles. The van der Waals surface area contributed by atoms with Crippen molar-refractivity contribution in [3.05, 3.63) is 65.3 Å². The molecule has 1 aliphatic rings. The molecule has 12 heteroatoms. The first-order chi connectivity index (χ1) is 20.5. The molecular weight excluding hydrogens is 559 g/mol. The molecule has 3 N–H and O–H groups in total. The Morgan fingerprint density at radius 2 is 1.91 bits per heavy atom. The van der Waals surface area contributed by atoms with Crippen LogP contribution >= 0.6 is 0 Å². The van der Waals surface area contributed by atoms with Gasteiger partial charge in [-0.3, -0.25) is 19.2 Å². The zero-order chi connectivity index (χ0) is 31.5. The Kier molecular flexibility index (Phi) is 12.2. The minimum absolute atomic E-state index is 0.0312. The van der Waals surface area contributed by atoms with Crippen LogP contribution in [0.5, 0.6) is 0 Å². The van der Waals surface area contributed by atoms with Crippen molar-refractivity contribution in [2.24, 2.45) is 17.8 Å². The van der Waals surface area contributed by atoms with Crippen LogP contribution in [0.1, 0.15) is 61.8 Å². The SMILES string of the molecule is CCOC(=O)/C=C/[C@H](C[C@@H]1CCNC1=O)NC(=O)[C@@H](CC(=O)[C@H](NC(=O)c1cc(C)on1)C(C)C)Cc1ccc(F)cc1. The predicted octanol–water partition coefficient (Wildman–Crippen LogP) is 2.82. The number of ketones is 1. The molecule has 3 rings (SSSR count). The standard InChI is InChI=1S/C31H39FN4O7/c1-5-42-27(38)11-10-24(16-21-12-13-33-29(21)39)34-30(40)22(15-20-6-8-23(32)9-7-20)17-26(37)28(18(2)3)35-31(41)25-14-19(4)43-36-25/h6-11,14,18,21-22,24,28H,5,12-13,15-17H2,1-4H3,(H,33,39)(H,34,40)(H,35,41)/b11-10+/t21-,22+,24+,28+/m0/s1. The zero-order valence-corrected chi connectivity index (χ0v) is 24.9. The van der Waals surface area contributed by atoms with Gasteiger partial charge in [0.25, 0.3) is 5.91 Å². The lowest BCUT2D eigenvalue weighted by atomic mass is 9.87. The van der Waals surface area contributed by atoms with Gasteiger partial charge in [0.15, 0.2) is 11.5 Å². The second kappa shape index (κ2) is 15.8. The fraction of sp³-hybridized carbons (Fsp3) is 0.484. The van der Waals surface area contributed by atoms with E-state index in [9.17, 15) is 28.4 Å². The van der Waals surface area contributed by atoms with Crippen LogP contribution in [-0.4, -0.2) is 59.9 Å². The Hall–Kier alpha value is -4.35. The highest BCUT2D eigenvalue weighted by atomic mass is 19.1. The number of nitrogens with zero attached hydrogens (tertiary/aromatic N) is 1. The van der Waals surface area contributed by atoms with Crippen LogP contribution in [0.3, 0.4) is 0 Å². The van der Waals surface area contributed by atoms with E-state index in [4.69, 9.17) is 9.26 Å². The van der Waals surface area contributed by atoms with Gasteiger partial charge in [0.05, 0.1) is 12.6 Å². The average molecular weight is 599 g/mol. The third-order valence-corrected chi connectivity index (χ3v) is 7.15. The van der Waals surface area contributed by atoms with E-state index in [1.165, 1.54) is 42.5 Å². The number of Topliss-reactive ketones (excluding diaryl/α,β-unsaturated/α-hetero) is 1. The highest BCUT2D eigenvalue weighted by molar-refractivity contribution is 5.97. The Morgan fingerprint density at radius 1 is 1.19 bits per heavy atom. The lowest BCUT2D eigenvalue weighted by Crippen LogP contribution is -2.47. The van der Waals surface area contributed by atoms with Gasteiger partial charge in [0.1, 0.15) is 11.6 Å². The highest BCUT2D eigenvalue weighted by Crippen LogP contribution is 2.21. The molecule has 1 aromatic heterocycles. The zero-order valence-electron chi connectivity index (χ0n) is 24.9. The van der Waals surface area contributed by atoms with Crippen LogP contribution in [0.25, 0.3) is 0 Å². The molecule has 0 radical (unpaired) electrons. The summed E-state index contributed by atoms with van der Waals surface area (Å²) in [6.45, 7) is 7.55. The van der Waals surface area contributed by atoms with E-state index in [0.29, 0.717) is 24.3 Å². The number of aromatic nitrogens is 1. The third kappa shape index (κ3) is 10.2. The maximum atomic E-state index is 13.7. The van der Waals surface area contributed by atoms with Gasteiger partial charge in [0.2, 0.25) is 11.8 Å². The van der Waals surface area contributed by atoms with Gasteiger partial charge in [-0.2, -0.15) is 0 Å². The Balaban J connectivity index is 1.82. The summed E-state index contributed by atoms with van der Waals surface area (Å²) in [5, 5.41) is 12.1. The quantitative estimate of drug-likeness (QED) is 0.209. The number of amides is 3. The minimum Gasteiger partial charge on any atom is -0.463 e. The smallest absolute Gasteiger partial charge is 0.330 e. The van der Waals surface area contributed by atoms with Crippen LogP contribution in [0.2, 0.25) is 0 Å². The van der Waals surface area contributed by atoms with Crippen LogP contribution < -0.4 is 16.0 Å². The summed E-state index contributed by atoms with van der Waals surface area (Å²) in [4.78, 5) is 64.3. The Bertz CT molecular complexity index is 1320. The van der Waals surface area contributed by atoms with Crippen LogP contribution in [0.4, 0.5) is 4.39 Å². The first kappa shape index (κ1) is 33.2. The Labute approximate surface area is 250 Å². The lowest BCUT2D eigenvalue weighted by Gasteiger charge is -2.25. The monoisotopic (exact) mass is 598 g/mol. The number of carbonyl (C=O) groups is 5. The van der Waals surface area contributed by atoms with Crippen LogP contribution in [-0.2, 0) is 30.3 Å². The van der Waals surface area contributed by atoms with Crippen LogP contribution in [0.15, 0.2) is 47.0 Å². The van der Waals surface area contributed by atoms with Crippen LogP contribution in [0, 0.1) is 30.5 Å². The molecule has 2 aromatic rings. The van der Waals surface area contributed by atoms with Gasteiger partial charge in [-0.25, -0.2) is 9.18 Å². The number of aryl methyl sites for hydroxylation is 1. The number of halogens is 1. The van der Waals surface area contributed by atoms with E-state index >= 15 is 0 Å². The number of carbonyl (C=O) groups excluding carboxylic acids is 5. The number of benzene rings is 1. The van der Waals surface area contributed by atoms with Crippen molar-refractivity contribution >= 4 is 29.5 Å². The molecule has 4 atom stereocenters. The molecule has 2 heterocycles. The fourth-order valence-electron chi connectivity index (χ4n) is 4.89. The predicted molar refractivity (Wildman–Crippen MR) is 154 cm³/mol. The maximum absolute atomic E-state index is 13.7. The number of ether oxygens (including phenoxy) is 1. The summed E-state index contributed by atoms with van der Waals surface area (Å²) in [5.41, 5.74) is 0.662. The Morgan fingerprint density at radius 3 is 2.49 bits per heavy atom. The third-order valence-electron chi connectivity index (χ3n) is 7.15. The van der Waals surface area contributed by atoms with E-state index in [2.05, 4.69) is 21.1 Å². The number of nitrogens with one attached hydrogen (secondary N) is 3. The number of hydrogen-bond acceptors (Lipinski definition) is 8. The molecule has 1 saturated heterocycles. The molecule has 3 amide bonds. The maximum Gasteiger partial charge on any atom is 0.330 e. The van der Waals surface area contributed by atoms with Crippen molar-refractivity contribution in [2.45, 2.75) is 65.5 Å². The molecule has 43 heavy (non-hydrogen) atoms. The van der Waals surface area contributed by atoms with E-state index in [0.717, 1.165) is 0 Å². The molecule has 0 saturated carbocycles. The summed E-state index contributed by atoms with van der Waals surface area (Å²) < 4.78 is 23.5. The molecule has 1 aromatic carbocycles. The summed E-state index contributed by atoms with van der Waals surface area (Å²) >= 11 is 0. The van der Waals surface area contributed by atoms with Gasteiger partial charge < -0.3 is 25.2 Å². The highest BCUT2D eigenvalue weighted by Gasteiger charge is 2.32. The second-order valence-electron chi connectivity index (χ2n) is 11.0. The fourth-order valence-corrected chi connectivity index (χ4v) is 4.89. The largest absolute Gasteiger partial charge is 0.463 e. The number of esters is 1.